The molecule has 19 heavy (non-hydrogen) atoms. The second kappa shape index (κ2) is 11.6. The van der Waals surface area contributed by atoms with Gasteiger partial charge in [-0.25, -0.2) is 0 Å². The second-order valence-corrected chi connectivity index (χ2v) is 7.47. The number of rotatable bonds is 13. The first kappa shape index (κ1) is 18.8. The second-order valence-electron chi connectivity index (χ2n) is 4.69. The fourth-order valence-corrected chi connectivity index (χ4v) is 3.98. The van der Waals surface area contributed by atoms with Crippen LogP contribution in [0.3, 0.4) is 0 Å². The third-order valence-corrected chi connectivity index (χ3v) is 5.90. The van der Waals surface area contributed by atoms with Gasteiger partial charge in [-0.2, -0.15) is 0 Å². The molecule has 0 unspecified atom stereocenters. The molecule has 0 saturated carbocycles. The van der Waals surface area contributed by atoms with E-state index in [1.54, 1.807) is 0 Å². The van der Waals surface area contributed by atoms with Crippen LogP contribution in [0.25, 0.3) is 0 Å². The van der Waals surface area contributed by atoms with E-state index in [0.29, 0.717) is 13.0 Å². The van der Waals surface area contributed by atoms with Crippen LogP contribution in [0.5, 0.6) is 0 Å². The summed E-state index contributed by atoms with van der Waals surface area (Å²) in [6.07, 6.45) is 8.86. The van der Waals surface area contributed by atoms with E-state index < -0.39 is 8.80 Å². The largest absolute Gasteiger partial charge is 0.574 e. The molecule has 0 aliphatic carbocycles. The Bertz CT molecular complexity index is 229. The fourth-order valence-electron chi connectivity index (χ4n) is 2.10. The minimum absolute atomic E-state index is 0.00732. The van der Waals surface area contributed by atoms with E-state index in [0.717, 1.165) is 12.8 Å². The topological polar surface area (TPSA) is 44.8 Å². The van der Waals surface area contributed by atoms with Crippen molar-refractivity contribution >= 4 is 14.2 Å². The maximum Gasteiger partial charge on any atom is 0.574 e. The van der Waals surface area contributed by atoms with E-state index in [-0.39, 0.29) is 5.41 Å². The van der Waals surface area contributed by atoms with Crippen LogP contribution in [-0.2, 0) is 18.1 Å². The number of unbranched alkanes of at least 4 members (excludes halogenated alkanes) is 6. The first-order chi connectivity index (χ1) is 9.16. The summed E-state index contributed by atoms with van der Waals surface area (Å²) in [5.74, 6) is 0. The van der Waals surface area contributed by atoms with Crippen molar-refractivity contribution in [3.05, 3.63) is 0 Å². The highest BCUT2D eigenvalue weighted by Gasteiger charge is 2.47. The molecule has 0 aromatic heterocycles. The van der Waals surface area contributed by atoms with E-state index in [1.807, 2.05) is 6.92 Å². The summed E-state index contributed by atoms with van der Waals surface area (Å²) in [6.45, 7) is 4.50. The number of hydrogen-bond acceptors (Lipinski definition) is 4. The first-order valence-electron chi connectivity index (χ1n) is 7.44. The lowest BCUT2D eigenvalue weighted by Crippen LogP contribution is -2.52. The van der Waals surface area contributed by atoms with Gasteiger partial charge in [0, 0.05) is 27.2 Å². The Labute approximate surface area is 119 Å². The van der Waals surface area contributed by atoms with Crippen molar-refractivity contribution in [2.45, 2.75) is 65.2 Å². The van der Waals surface area contributed by atoms with Crippen molar-refractivity contribution in [2.24, 2.45) is 0 Å². The van der Waals surface area contributed by atoms with Crippen LogP contribution in [0.15, 0.2) is 0 Å². The van der Waals surface area contributed by atoms with Crippen molar-refractivity contribution in [1.29, 1.82) is 0 Å². The summed E-state index contributed by atoms with van der Waals surface area (Å²) in [7, 11) is -0.0787. The normalized spacial score (nSPS) is 11.8. The molecule has 0 radical (unpaired) electrons. The van der Waals surface area contributed by atoms with E-state index in [1.165, 1.54) is 46.3 Å². The third-order valence-electron chi connectivity index (χ3n) is 3.22. The maximum atomic E-state index is 12.1. The van der Waals surface area contributed by atoms with E-state index in [9.17, 15) is 4.79 Å². The predicted molar refractivity (Wildman–Crippen MR) is 79.0 cm³/mol. The lowest BCUT2D eigenvalue weighted by molar-refractivity contribution is -0.118. The smallest absolute Gasteiger partial charge is 0.372 e. The molecule has 0 atom stereocenters. The maximum absolute atomic E-state index is 12.1. The summed E-state index contributed by atoms with van der Waals surface area (Å²) >= 11 is 0. The van der Waals surface area contributed by atoms with Gasteiger partial charge in [-0.15, -0.1) is 0 Å². The Balaban J connectivity index is 3.87. The first-order valence-corrected chi connectivity index (χ1v) is 9.16. The van der Waals surface area contributed by atoms with E-state index in [2.05, 4.69) is 6.92 Å². The Kier molecular flexibility index (Phi) is 11.4. The fraction of sp³-hybridized carbons (Fsp3) is 0.929. The Hall–Kier alpha value is -0.233. The van der Waals surface area contributed by atoms with Crippen LogP contribution >= 0.6 is 0 Å². The monoisotopic (exact) mass is 290 g/mol. The highest BCUT2D eigenvalue weighted by atomic mass is 28.4. The van der Waals surface area contributed by atoms with Gasteiger partial charge in [0.15, 0.2) is 0 Å². The van der Waals surface area contributed by atoms with Crippen LogP contribution < -0.4 is 0 Å². The van der Waals surface area contributed by atoms with Crippen LogP contribution in [0, 0.1) is 0 Å². The van der Waals surface area contributed by atoms with E-state index >= 15 is 0 Å². The zero-order valence-electron chi connectivity index (χ0n) is 13.0. The molecule has 0 heterocycles. The van der Waals surface area contributed by atoms with Gasteiger partial charge in [0.1, 0.15) is 0 Å². The van der Waals surface area contributed by atoms with Gasteiger partial charge in [-0.1, -0.05) is 45.4 Å². The molecule has 0 N–H and O–H groups in total. The lowest BCUT2D eigenvalue weighted by atomic mass is 10.1. The minimum atomic E-state index is -3.07. The molecule has 0 aromatic rings. The molecule has 0 bridgehead atoms. The van der Waals surface area contributed by atoms with Crippen molar-refractivity contribution in [3.8, 4) is 0 Å². The van der Waals surface area contributed by atoms with Crippen LogP contribution in [0.1, 0.15) is 65.2 Å². The molecule has 0 spiro atoms. The van der Waals surface area contributed by atoms with Gasteiger partial charge in [0.25, 0.3) is 0 Å². The predicted octanol–water partition coefficient (Wildman–Crippen LogP) is 3.50. The van der Waals surface area contributed by atoms with Gasteiger partial charge in [0.2, 0.25) is 5.41 Å². The number of carbonyl (C=O) groups is 1. The molecular weight excluding hydrogens is 260 g/mol. The Morgan fingerprint density at radius 3 is 1.89 bits per heavy atom. The minimum Gasteiger partial charge on any atom is -0.372 e. The molecule has 0 rings (SSSR count). The van der Waals surface area contributed by atoms with Crippen LogP contribution in [0.2, 0.25) is 0 Å². The third kappa shape index (κ3) is 7.20. The SMILES string of the molecule is CCCCCCCCCC(=O)[Si](OC)(OC)OCC. The molecule has 0 aliphatic rings. The Morgan fingerprint density at radius 1 is 0.895 bits per heavy atom. The molecule has 0 saturated heterocycles. The zero-order chi connectivity index (χ0) is 14.6. The summed E-state index contributed by atoms with van der Waals surface area (Å²) in [5, 5.41) is 0.00732. The van der Waals surface area contributed by atoms with E-state index in [4.69, 9.17) is 13.3 Å². The van der Waals surface area contributed by atoms with Gasteiger partial charge in [-0.05, 0) is 13.3 Å². The van der Waals surface area contributed by atoms with Gasteiger partial charge < -0.3 is 13.3 Å². The van der Waals surface area contributed by atoms with Crippen LogP contribution in [0.4, 0.5) is 0 Å². The zero-order valence-corrected chi connectivity index (χ0v) is 14.0. The van der Waals surface area contributed by atoms with Crippen molar-refractivity contribution in [1.82, 2.24) is 0 Å². The molecule has 0 fully saturated rings. The number of carbonyl (C=O) groups excluding carboxylic acids is 1. The van der Waals surface area contributed by atoms with Crippen molar-refractivity contribution in [2.75, 3.05) is 20.8 Å². The van der Waals surface area contributed by atoms with Crippen molar-refractivity contribution < 1.29 is 18.1 Å². The summed E-state index contributed by atoms with van der Waals surface area (Å²) in [6, 6.07) is 0. The van der Waals surface area contributed by atoms with Gasteiger partial charge in [-0.3, -0.25) is 4.79 Å². The molecule has 0 aromatic carbocycles. The highest BCUT2D eigenvalue weighted by Crippen LogP contribution is 2.15. The molecular formula is C14H30O4Si. The molecule has 114 valence electrons. The Morgan fingerprint density at radius 2 is 1.42 bits per heavy atom. The summed E-state index contributed by atoms with van der Waals surface area (Å²) < 4.78 is 15.9. The van der Waals surface area contributed by atoms with Crippen LogP contribution in [-0.4, -0.2) is 35.0 Å². The summed E-state index contributed by atoms with van der Waals surface area (Å²) in [5.41, 5.74) is 0. The highest BCUT2D eigenvalue weighted by molar-refractivity contribution is 6.92. The standard InChI is InChI=1S/C14H30O4Si/c1-5-7-8-9-10-11-12-13-14(15)19(16-3,17-4)18-6-2/h5-13H2,1-4H3. The van der Waals surface area contributed by atoms with Gasteiger partial charge >= 0.3 is 8.80 Å². The lowest BCUT2D eigenvalue weighted by Gasteiger charge is -2.23. The quantitative estimate of drug-likeness (QED) is 0.385. The summed E-state index contributed by atoms with van der Waals surface area (Å²) in [4.78, 5) is 12.1. The van der Waals surface area contributed by atoms with Gasteiger partial charge in [0.05, 0.1) is 0 Å². The molecule has 4 nitrogen and oxygen atoms in total. The molecule has 5 heteroatoms. The average Bonchev–Trinajstić information content (AvgIpc) is 2.43. The average molecular weight is 290 g/mol. The van der Waals surface area contributed by atoms with Crippen molar-refractivity contribution in [3.63, 3.8) is 0 Å². The number of hydrogen-bond donors (Lipinski definition) is 0. The molecule has 0 aliphatic heterocycles. The molecule has 0 amide bonds.